The third-order valence-corrected chi connectivity index (χ3v) is 2.10. The maximum absolute atomic E-state index is 3.28. The molecule has 0 aromatic heterocycles. The lowest BCUT2D eigenvalue weighted by atomic mass is 10.2. The lowest BCUT2D eigenvalue weighted by Crippen LogP contribution is -2.14. The van der Waals surface area contributed by atoms with Gasteiger partial charge < -0.3 is 5.32 Å². The monoisotopic (exact) mass is 207 g/mol. The number of nitrogens with one attached hydrogen (secondary N) is 1. The molecule has 0 aliphatic rings. The molecule has 0 amide bonds. The van der Waals surface area contributed by atoms with Crippen LogP contribution in [0.1, 0.15) is 39.2 Å². The molecule has 1 aromatic carbocycles. The molecule has 15 heavy (non-hydrogen) atoms. The highest BCUT2D eigenvalue weighted by molar-refractivity contribution is 5.13. The minimum Gasteiger partial charge on any atom is -0.317 e. The smallest absolute Gasteiger partial charge is 0.00516 e. The topological polar surface area (TPSA) is 12.0 Å². The minimum atomic E-state index is 1.14. The summed E-state index contributed by atoms with van der Waals surface area (Å²) in [6.07, 6.45) is 3.64. The Kier molecular flexibility index (Phi) is 10.6. The Morgan fingerprint density at radius 3 is 1.73 bits per heavy atom. The molecule has 1 N–H and O–H groups in total. The molecule has 1 rings (SSSR count). The average molecular weight is 207 g/mol. The Hall–Kier alpha value is -0.820. The van der Waals surface area contributed by atoms with Gasteiger partial charge in [0.05, 0.1) is 0 Å². The number of benzene rings is 1. The maximum atomic E-state index is 3.28. The average Bonchev–Trinajstić information content (AvgIpc) is 2.32. The molecule has 0 aliphatic heterocycles. The van der Waals surface area contributed by atoms with Crippen LogP contribution in [0.5, 0.6) is 0 Å². The zero-order valence-electron chi connectivity index (χ0n) is 10.4. The largest absolute Gasteiger partial charge is 0.317 e. The van der Waals surface area contributed by atoms with Crippen LogP contribution in [0.2, 0.25) is 0 Å². The predicted molar refractivity (Wildman–Crippen MR) is 69.3 cm³/mol. The fourth-order valence-electron chi connectivity index (χ4n) is 1.19. The molecule has 1 nitrogen and oxygen atoms in total. The molecule has 0 atom stereocenters. The highest BCUT2D eigenvalue weighted by Gasteiger charge is 1.80. The van der Waals surface area contributed by atoms with Crippen LogP contribution in [-0.2, 0) is 6.42 Å². The van der Waals surface area contributed by atoms with Crippen molar-refractivity contribution in [3.05, 3.63) is 35.9 Å². The summed E-state index contributed by atoms with van der Waals surface area (Å²) in [5.74, 6) is 0. The number of aryl methyl sites for hydroxylation is 1. The second-order valence-electron chi connectivity index (χ2n) is 3.59. The summed E-state index contributed by atoms with van der Waals surface area (Å²) < 4.78 is 0. The van der Waals surface area contributed by atoms with Crippen molar-refractivity contribution in [3.8, 4) is 0 Å². The van der Waals surface area contributed by atoms with Crippen LogP contribution in [0.3, 0.4) is 0 Å². The van der Waals surface area contributed by atoms with Crippen molar-refractivity contribution in [1.82, 2.24) is 5.32 Å². The van der Waals surface area contributed by atoms with E-state index >= 15 is 0 Å². The van der Waals surface area contributed by atoms with E-state index in [-0.39, 0.29) is 0 Å². The van der Waals surface area contributed by atoms with Crippen LogP contribution >= 0.6 is 0 Å². The van der Waals surface area contributed by atoms with E-state index in [2.05, 4.69) is 50.4 Å². The second-order valence-corrected chi connectivity index (χ2v) is 3.59. The van der Waals surface area contributed by atoms with Crippen LogP contribution in [0, 0.1) is 0 Å². The van der Waals surface area contributed by atoms with Crippen molar-refractivity contribution >= 4 is 0 Å². The van der Waals surface area contributed by atoms with E-state index in [4.69, 9.17) is 0 Å². The second kappa shape index (κ2) is 11.3. The highest BCUT2D eigenvalue weighted by atomic mass is 14.8. The Balaban J connectivity index is 0.000000265. The van der Waals surface area contributed by atoms with Crippen molar-refractivity contribution in [1.29, 1.82) is 0 Å². The first-order valence-electron chi connectivity index (χ1n) is 6.09. The van der Waals surface area contributed by atoms with Crippen LogP contribution in [0.15, 0.2) is 30.3 Å². The van der Waals surface area contributed by atoms with Crippen LogP contribution in [-0.4, -0.2) is 13.1 Å². The Morgan fingerprint density at radius 1 is 0.867 bits per heavy atom. The van der Waals surface area contributed by atoms with Crippen molar-refractivity contribution in [3.63, 3.8) is 0 Å². The molecule has 1 aromatic rings. The van der Waals surface area contributed by atoms with E-state index in [0.29, 0.717) is 0 Å². The van der Waals surface area contributed by atoms with Crippen molar-refractivity contribution in [2.75, 3.05) is 13.1 Å². The first kappa shape index (κ1) is 14.2. The van der Waals surface area contributed by atoms with Gasteiger partial charge in [-0.3, -0.25) is 0 Å². The Labute approximate surface area is 94.9 Å². The van der Waals surface area contributed by atoms with Crippen LogP contribution < -0.4 is 5.32 Å². The fourth-order valence-corrected chi connectivity index (χ4v) is 1.19. The van der Waals surface area contributed by atoms with E-state index < -0.39 is 0 Å². The molecule has 0 fully saturated rings. The molecule has 1 heteroatoms. The van der Waals surface area contributed by atoms with E-state index in [0.717, 1.165) is 6.42 Å². The Bertz CT molecular complexity index is 202. The van der Waals surface area contributed by atoms with Gasteiger partial charge in [-0.2, -0.15) is 0 Å². The summed E-state index contributed by atoms with van der Waals surface area (Å²) in [6, 6.07) is 10.5. The van der Waals surface area contributed by atoms with Crippen LogP contribution in [0.25, 0.3) is 0 Å². The van der Waals surface area contributed by atoms with E-state index in [1.807, 2.05) is 6.07 Å². The summed E-state index contributed by atoms with van der Waals surface area (Å²) >= 11 is 0. The summed E-state index contributed by atoms with van der Waals surface area (Å²) in [4.78, 5) is 0. The molecule has 0 heterocycles. The molecule has 0 unspecified atom stereocenters. The van der Waals surface area contributed by atoms with E-state index in [1.165, 1.54) is 31.5 Å². The van der Waals surface area contributed by atoms with Gasteiger partial charge >= 0.3 is 0 Å². The quantitative estimate of drug-likeness (QED) is 0.727. The summed E-state index contributed by atoms with van der Waals surface area (Å²) in [7, 11) is 0. The normalized spacial score (nSPS) is 9.27. The lowest BCUT2D eigenvalue weighted by molar-refractivity contribution is 0.662. The van der Waals surface area contributed by atoms with Gasteiger partial charge in [0.25, 0.3) is 0 Å². The van der Waals surface area contributed by atoms with Crippen molar-refractivity contribution in [2.45, 2.75) is 40.0 Å². The fraction of sp³-hybridized carbons (Fsp3) is 0.571. The van der Waals surface area contributed by atoms with Crippen LogP contribution in [0.4, 0.5) is 0 Å². The molecular formula is C14H25N. The summed E-state index contributed by atoms with van der Waals surface area (Å²) in [5, 5.41) is 3.28. The van der Waals surface area contributed by atoms with Crippen molar-refractivity contribution in [2.24, 2.45) is 0 Å². The molecular weight excluding hydrogens is 182 g/mol. The van der Waals surface area contributed by atoms with Gasteiger partial charge in [-0.15, -0.1) is 0 Å². The molecule has 0 saturated heterocycles. The molecule has 0 saturated carbocycles. The van der Waals surface area contributed by atoms with E-state index in [1.54, 1.807) is 0 Å². The zero-order chi connectivity index (χ0) is 11.4. The predicted octanol–water partition coefficient (Wildman–Crippen LogP) is 3.65. The lowest BCUT2D eigenvalue weighted by Gasteiger charge is -1.95. The van der Waals surface area contributed by atoms with Gasteiger partial charge in [-0.25, -0.2) is 0 Å². The first-order valence-corrected chi connectivity index (χ1v) is 6.09. The number of rotatable bonds is 5. The van der Waals surface area contributed by atoms with Gasteiger partial charge in [0.1, 0.15) is 0 Å². The minimum absolute atomic E-state index is 1.14. The van der Waals surface area contributed by atoms with Gasteiger partial charge in [0, 0.05) is 0 Å². The first-order chi connectivity index (χ1) is 7.35. The van der Waals surface area contributed by atoms with Gasteiger partial charge in [0.2, 0.25) is 0 Å². The van der Waals surface area contributed by atoms with Gasteiger partial charge in [0.15, 0.2) is 0 Å². The SMILES string of the molecule is CCCNCCC.CCc1ccccc1. The Morgan fingerprint density at radius 2 is 1.40 bits per heavy atom. The zero-order valence-corrected chi connectivity index (χ0v) is 10.4. The molecule has 0 aliphatic carbocycles. The number of hydrogen-bond acceptors (Lipinski definition) is 1. The third kappa shape index (κ3) is 9.48. The van der Waals surface area contributed by atoms with Gasteiger partial charge in [-0.05, 0) is 37.9 Å². The molecule has 86 valence electrons. The van der Waals surface area contributed by atoms with Gasteiger partial charge in [-0.1, -0.05) is 51.1 Å². The molecule has 0 spiro atoms. The third-order valence-electron chi connectivity index (χ3n) is 2.10. The summed E-state index contributed by atoms with van der Waals surface area (Å²) in [5.41, 5.74) is 1.41. The molecule has 0 radical (unpaired) electrons. The van der Waals surface area contributed by atoms with Crippen molar-refractivity contribution < 1.29 is 0 Å². The maximum Gasteiger partial charge on any atom is -0.00516 e. The van der Waals surface area contributed by atoms with E-state index in [9.17, 15) is 0 Å². The highest BCUT2D eigenvalue weighted by Crippen LogP contribution is 1.96. The standard InChI is InChI=1S/C8H10.C6H15N/c1-2-8-6-4-3-5-7-8;1-3-5-7-6-4-2/h3-7H,2H2,1H3;7H,3-6H2,1-2H3. The summed E-state index contributed by atoms with van der Waals surface area (Å²) in [6.45, 7) is 8.88. The number of hydrogen-bond donors (Lipinski definition) is 1. The molecule has 0 bridgehead atoms.